The highest BCUT2D eigenvalue weighted by Crippen LogP contribution is 2.22. The number of nitrogens with one attached hydrogen (secondary N) is 1. The van der Waals surface area contributed by atoms with Gasteiger partial charge in [-0.2, -0.15) is 0 Å². The van der Waals surface area contributed by atoms with Gasteiger partial charge in [-0.15, -0.1) is 0 Å². The minimum atomic E-state index is 0.854. The van der Waals surface area contributed by atoms with E-state index in [-0.39, 0.29) is 0 Å². The third-order valence-corrected chi connectivity index (χ3v) is 3.99. The van der Waals surface area contributed by atoms with Gasteiger partial charge in [0.2, 0.25) is 0 Å². The fourth-order valence-corrected chi connectivity index (χ4v) is 2.61. The Balaban J connectivity index is 2.07. The normalized spacial score (nSPS) is 22.9. The molecule has 0 amide bonds. The second kappa shape index (κ2) is 8.90. The molecule has 3 heteroatoms. The average Bonchev–Trinajstić information content (AvgIpc) is 2.37. The molecule has 1 aliphatic heterocycles. The Morgan fingerprint density at radius 1 is 1.41 bits per heavy atom. The Bertz CT molecular complexity index is 181. The summed E-state index contributed by atoms with van der Waals surface area (Å²) in [4.78, 5) is 2.44. The van der Waals surface area contributed by atoms with E-state index in [1.807, 2.05) is 0 Å². The molecule has 102 valence electrons. The van der Waals surface area contributed by atoms with Gasteiger partial charge in [0.1, 0.15) is 0 Å². The van der Waals surface area contributed by atoms with Crippen LogP contribution in [0.3, 0.4) is 0 Å². The number of hydrogen-bond acceptors (Lipinski definition) is 3. The largest absolute Gasteiger partial charge is 0.385 e. The Labute approximate surface area is 107 Å². The predicted octanol–water partition coefficient (Wildman–Crippen LogP) is 1.98. The van der Waals surface area contributed by atoms with E-state index < -0.39 is 0 Å². The summed E-state index contributed by atoms with van der Waals surface area (Å²) >= 11 is 0. The van der Waals surface area contributed by atoms with Crippen LogP contribution < -0.4 is 5.32 Å². The second-order valence-electron chi connectivity index (χ2n) is 5.52. The van der Waals surface area contributed by atoms with Gasteiger partial charge in [0.05, 0.1) is 0 Å². The smallest absolute Gasteiger partial charge is 0.0474 e. The molecule has 0 aliphatic carbocycles. The van der Waals surface area contributed by atoms with Crippen molar-refractivity contribution in [1.29, 1.82) is 0 Å². The standard InChI is InChI=1S/C14H30N2O/c1-13(14-6-4-8-15-12-14)7-10-16(2)9-5-11-17-3/h13-15H,4-12H2,1-3H3. The molecule has 0 spiro atoms. The summed E-state index contributed by atoms with van der Waals surface area (Å²) in [7, 11) is 4.00. The summed E-state index contributed by atoms with van der Waals surface area (Å²) in [5, 5.41) is 3.52. The van der Waals surface area contributed by atoms with Crippen molar-refractivity contribution in [3.63, 3.8) is 0 Å². The third kappa shape index (κ3) is 6.39. The second-order valence-corrected chi connectivity index (χ2v) is 5.52. The zero-order valence-corrected chi connectivity index (χ0v) is 11.9. The van der Waals surface area contributed by atoms with E-state index in [4.69, 9.17) is 4.74 Å². The maximum absolute atomic E-state index is 5.08. The first-order valence-corrected chi connectivity index (χ1v) is 7.12. The molecule has 1 N–H and O–H groups in total. The zero-order valence-electron chi connectivity index (χ0n) is 11.9. The van der Waals surface area contributed by atoms with E-state index in [0.717, 1.165) is 31.4 Å². The molecule has 2 atom stereocenters. The predicted molar refractivity (Wildman–Crippen MR) is 73.4 cm³/mol. The topological polar surface area (TPSA) is 24.5 Å². The van der Waals surface area contributed by atoms with Crippen LogP contribution in [0.4, 0.5) is 0 Å². The van der Waals surface area contributed by atoms with Crippen LogP contribution in [0.15, 0.2) is 0 Å². The molecule has 1 saturated heterocycles. The minimum Gasteiger partial charge on any atom is -0.385 e. The Hall–Kier alpha value is -0.120. The molecule has 0 saturated carbocycles. The summed E-state index contributed by atoms with van der Waals surface area (Å²) in [5.74, 6) is 1.75. The number of hydrogen-bond donors (Lipinski definition) is 1. The first kappa shape index (κ1) is 14.9. The lowest BCUT2D eigenvalue weighted by molar-refractivity contribution is 0.174. The van der Waals surface area contributed by atoms with Crippen molar-refractivity contribution < 1.29 is 4.74 Å². The maximum atomic E-state index is 5.08. The fraction of sp³-hybridized carbons (Fsp3) is 1.00. The van der Waals surface area contributed by atoms with Crippen LogP contribution in [-0.2, 0) is 4.74 Å². The molecule has 17 heavy (non-hydrogen) atoms. The number of rotatable bonds is 8. The van der Waals surface area contributed by atoms with E-state index >= 15 is 0 Å². The average molecular weight is 242 g/mol. The summed E-state index contributed by atoms with van der Waals surface area (Å²) < 4.78 is 5.08. The van der Waals surface area contributed by atoms with E-state index in [0.29, 0.717) is 0 Å². The maximum Gasteiger partial charge on any atom is 0.0474 e. The van der Waals surface area contributed by atoms with Gasteiger partial charge < -0.3 is 15.0 Å². The lowest BCUT2D eigenvalue weighted by Crippen LogP contribution is -2.34. The molecule has 1 heterocycles. The van der Waals surface area contributed by atoms with Crippen molar-refractivity contribution in [1.82, 2.24) is 10.2 Å². The van der Waals surface area contributed by atoms with Gasteiger partial charge in [-0.05, 0) is 64.2 Å². The molecular formula is C14H30N2O. The Morgan fingerprint density at radius 2 is 2.24 bits per heavy atom. The first-order chi connectivity index (χ1) is 8.24. The van der Waals surface area contributed by atoms with Crippen LogP contribution in [0.1, 0.15) is 32.6 Å². The van der Waals surface area contributed by atoms with Crippen molar-refractivity contribution in [2.24, 2.45) is 11.8 Å². The van der Waals surface area contributed by atoms with E-state index in [2.05, 4.69) is 24.2 Å². The molecular weight excluding hydrogens is 212 g/mol. The van der Waals surface area contributed by atoms with E-state index in [9.17, 15) is 0 Å². The van der Waals surface area contributed by atoms with Gasteiger partial charge in [-0.3, -0.25) is 0 Å². The van der Waals surface area contributed by atoms with Crippen LogP contribution in [0.2, 0.25) is 0 Å². The molecule has 2 unspecified atom stereocenters. The Morgan fingerprint density at radius 3 is 2.88 bits per heavy atom. The van der Waals surface area contributed by atoms with Gasteiger partial charge in [0, 0.05) is 20.3 Å². The van der Waals surface area contributed by atoms with E-state index in [1.165, 1.54) is 38.9 Å². The highest BCUT2D eigenvalue weighted by molar-refractivity contribution is 4.74. The summed E-state index contributed by atoms with van der Waals surface area (Å²) in [6, 6.07) is 0. The van der Waals surface area contributed by atoms with Gasteiger partial charge in [0.15, 0.2) is 0 Å². The van der Waals surface area contributed by atoms with Gasteiger partial charge >= 0.3 is 0 Å². The molecule has 0 aromatic rings. The zero-order chi connectivity index (χ0) is 12.5. The van der Waals surface area contributed by atoms with E-state index in [1.54, 1.807) is 7.11 Å². The Kier molecular flexibility index (Phi) is 7.82. The van der Waals surface area contributed by atoms with Crippen LogP contribution >= 0.6 is 0 Å². The first-order valence-electron chi connectivity index (χ1n) is 7.12. The number of methoxy groups -OCH3 is 1. The molecule has 0 aromatic carbocycles. The molecule has 1 fully saturated rings. The van der Waals surface area contributed by atoms with Crippen molar-refractivity contribution in [3.8, 4) is 0 Å². The highest BCUT2D eigenvalue weighted by atomic mass is 16.5. The molecule has 3 nitrogen and oxygen atoms in total. The van der Waals surface area contributed by atoms with Crippen LogP contribution in [0.25, 0.3) is 0 Å². The number of ether oxygens (including phenoxy) is 1. The van der Waals surface area contributed by atoms with Crippen LogP contribution in [-0.4, -0.2) is 51.8 Å². The van der Waals surface area contributed by atoms with Gasteiger partial charge in [-0.1, -0.05) is 6.92 Å². The van der Waals surface area contributed by atoms with Crippen LogP contribution in [0, 0.1) is 11.8 Å². The molecule has 0 bridgehead atoms. The molecule has 0 radical (unpaired) electrons. The van der Waals surface area contributed by atoms with Crippen molar-refractivity contribution in [3.05, 3.63) is 0 Å². The fourth-order valence-electron chi connectivity index (χ4n) is 2.61. The number of nitrogens with zero attached hydrogens (tertiary/aromatic N) is 1. The molecule has 1 rings (SSSR count). The van der Waals surface area contributed by atoms with Gasteiger partial charge in [-0.25, -0.2) is 0 Å². The third-order valence-electron chi connectivity index (χ3n) is 3.99. The SMILES string of the molecule is COCCCN(C)CCC(C)C1CCCNC1. The van der Waals surface area contributed by atoms with Crippen molar-refractivity contribution >= 4 is 0 Å². The van der Waals surface area contributed by atoms with Crippen LogP contribution in [0.5, 0.6) is 0 Å². The molecule has 0 aromatic heterocycles. The minimum absolute atomic E-state index is 0.854. The monoisotopic (exact) mass is 242 g/mol. The molecule has 1 aliphatic rings. The lowest BCUT2D eigenvalue weighted by Gasteiger charge is -2.29. The van der Waals surface area contributed by atoms with Gasteiger partial charge in [0.25, 0.3) is 0 Å². The highest BCUT2D eigenvalue weighted by Gasteiger charge is 2.19. The summed E-state index contributed by atoms with van der Waals surface area (Å²) in [5.41, 5.74) is 0. The quantitative estimate of drug-likeness (QED) is 0.659. The summed E-state index contributed by atoms with van der Waals surface area (Å²) in [6.45, 7) is 8.13. The lowest BCUT2D eigenvalue weighted by atomic mass is 9.85. The van der Waals surface area contributed by atoms with Crippen molar-refractivity contribution in [2.75, 3.05) is 46.9 Å². The summed E-state index contributed by atoms with van der Waals surface area (Å²) in [6.07, 6.45) is 5.25. The van der Waals surface area contributed by atoms with Crippen molar-refractivity contribution in [2.45, 2.75) is 32.6 Å². The number of piperidine rings is 1.